The Bertz CT molecular complexity index is 362. The predicted molar refractivity (Wildman–Crippen MR) is 73.2 cm³/mol. The van der Waals surface area contributed by atoms with Crippen molar-refractivity contribution in [1.82, 2.24) is 0 Å². The molecule has 0 unspecified atom stereocenters. The molecule has 0 bridgehead atoms. The van der Waals surface area contributed by atoms with Crippen LogP contribution in [0.5, 0.6) is 0 Å². The van der Waals surface area contributed by atoms with Crippen LogP contribution in [0.3, 0.4) is 0 Å². The van der Waals surface area contributed by atoms with Gasteiger partial charge < -0.3 is 16.2 Å². The molecule has 0 heterocycles. The van der Waals surface area contributed by atoms with Gasteiger partial charge in [0.25, 0.3) is 0 Å². The van der Waals surface area contributed by atoms with Crippen molar-refractivity contribution in [3.05, 3.63) is 6.92 Å². The summed E-state index contributed by atoms with van der Waals surface area (Å²) in [6.07, 6.45) is 6.83. The van der Waals surface area contributed by atoms with Crippen molar-refractivity contribution in [1.29, 1.82) is 0 Å². The first-order valence-electron chi connectivity index (χ1n) is 6.43. The molecule has 0 saturated heterocycles. The molecule has 7 nitrogen and oxygen atoms in total. The number of hydrogen-bond donors (Lipinski definition) is 2. The maximum absolute atomic E-state index is 10.3. The smallest absolute Gasteiger partial charge is 0.481 e. The summed E-state index contributed by atoms with van der Waals surface area (Å²) in [5, 5.41) is 8.04. The molecule has 0 fully saturated rings. The maximum Gasteiger partial charge on any atom is 1.00 e. The molecule has 0 aromatic heterocycles. The van der Waals surface area contributed by atoms with E-state index < -0.39 is 35.2 Å². The monoisotopic (exact) mass is 334 g/mol. The minimum Gasteiger partial charge on any atom is -0.481 e. The third kappa shape index (κ3) is 28.7. The number of carboxylic acid groups (broad SMARTS) is 1. The van der Waals surface area contributed by atoms with E-state index >= 15 is 0 Å². The Morgan fingerprint density at radius 3 is 2.00 bits per heavy atom. The number of carboxylic acids is 1. The van der Waals surface area contributed by atoms with Crippen molar-refractivity contribution >= 4 is 22.3 Å². The number of hydrogen-bond acceptors (Lipinski definition) is 5. The molecular weight excluding hydrogens is 311 g/mol. The van der Waals surface area contributed by atoms with Crippen LogP contribution in [0.15, 0.2) is 0 Å². The molecular formula is C12H23NaO7S. The Morgan fingerprint density at radius 1 is 1.10 bits per heavy atom. The largest absolute Gasteiger partial charge is 1.00 e. The van der Waals surface area contributed by atoms with Crippen molar-refractivity contribution in [2.24, 2.45) is 0 Å². The van der Waals surface area contributed by atoms with Gasteiger partial charge in [-0.2, -0.15) is 14.8 Å². The first kappa shape index (κ1) is 25.8. The molecule has 0 aromatic carbocycles. The fourth-order valence-electron chi connectivity index (χ4n) is 1.15. The van der Waals surface area contributed by atoms with E-state index in [1.54, 1.807) is 0 Å². The Labute approximate surface area is 148 Å². The minimum atomic E-state index is -4.81. The maximum atomic E-state index is 10.3. The van der Waals surface area contributed by atoms with Crippen LogP contribution in [0.1, 0.15) is 58.3 Å². The summed E-state index contributed by atoms with van der Waals surface area (Å²) >= 11 is 0. The molecule has 0 aliphatic rings. The van der Waals surface area contributed by atoms with Crippen LogP contribution in [0.25, 0.3) is 0 Å². The Hall–Kier alpha value is -0.150. The standard InChI is InChI=1S/C8H17.C4H6O7S.Na/c1-3-5-7-8-6-4-2;5-3(6)1-2-4(7)11-12(8,9)10;/h1,3-8H2,2H3;1-2H2,(H,5,6)(H,8,9,10);/q-1;;+1. The van der Waals surface area contributed by atoms with Crippen molar-refractivity contribution < 1.29 is 61.4 Å². The molecule has 0 aliphatic heterocycles. The van der Waals surface area contributed by atoms with Gasteiger partial charge >= 0.3 is 51.9 Å². The molecule has 0 spiro atoms. The van der Waals surface area contributed by atoms with Gasteiger partial charge in [-0.05, 0) is 0 Å². The first-order valence-corrected chi connectivity index (χ1v) is 7.80. The van der Waals surface area contributed by atoms with Crippen molar-refractivity contribution in [2.45, 2.75) is 58.3 Å². The molecule has 0 aromatic rings. The second-order valence-corrected chi connectivity index (χ2v) is 5.07. The van der Waals surface area contributed by atoms with Crippen LogP contribution in [-0.4, -0.2) is 30.0 Å². The van der Waals surface area contributed by atoms with Gasteiger partial charge in [-0.25, -0.2) is 0 Å². The molecule has 0 rings (SSSR count). The average molecular weight is 334 g/mol. The fraction of sp³-hybridized carbons (Fsp3) is 0.750. The molecule has 9 heteroatoms. The number of carbonyl (C=O) groups excluding carboxylic acids is 1. The van der Waals surface area contributed by atoms with Gasteiger partial charge in [-0.15, -0.1) is 0 Å². The van der Waals surface area contributed by atoms with E-state index in [4.69, 9.17) is 9.66 Å². The summed E-state index contributed by atoms with van der Waals surface area (Å²) in [5.74, 6) is -2.57. The summed E-state index contributed by atoms with van der Waals surface area (Å²) in [6.45, 7) is 6.02. The first-order chi connectivity index (χ1) is 9.22. The molecule has 0 radical (unpaired) electrons. The zero-order valence-electron chi connectivity index (χ0n) is 12.7. The van der Waals surface area contributed by atoms with Crippen molar-refractivity contribution in [2.75, 3.05) is 0 Å². The topological polar surface area (TPSA) is 118 Å². The van der Waals surface area contributed by atoms with E-state index in [-0.39, 0.29) is 29.6 Å². The second kappa shape index (κ2) is 16.2. The summed E-state index contributed by atoms with van der Waals surface area (Å²) in [4.78, 5) is 20.2. The van der Waals surface area contributed by atoms with Gasteiger partial charge in [-0.3, -0.25) is 14.1 Å². The van der Waals surface area contributed by atoms with Gasteiger partial charge in [-0.1, -0.05) is 39.0 Å². The molecule has 0 aliphatic carbocycles. The molecule has 0 amide bonds. The predicted octanol–water partition coefficient (Wildman–Crippen LogP) is -0.618. The third-order valence-corrected chi connectivity index (χ3v) is 2.49. The van der Waals surface area contributed by atoms with Crippen LogP contribution in [0, 0.1) is 6.92 Å². The summed E-state index contributed by atoms with van der Waals surface area (Å²) < 4.78 is 31.1. The normalized spacial score (nSPS) is 9.86. The van der Waals surface area contributed by atoms with Gasteiger partial charge in [0.1, 0.15) is 0 Å². The molecule has 0 saturated carbocycles. The van der Waals surface area contributed by atoms with Crippen molar-refractivity contribution in [3.63, 3.8) is 0 Å². The zero-order valence-corrected chi connectivity index (χ0v) is 15.5. The number of carbonyl (C=O) groups is 2. The molecule has 120 valence electrons. The van der Waals surface area contributed by atoms with E-state index in [9.17, 15) is 18.0 Å². The van der Waals surface area contributed by atoms with Crippen molar-refractivity contribution in [3.8, 4) is 0 Å². The fourth-order valence-corrected chi connectivity index (χ4v) is 1.47. The van der Waals surface area contributed by atoms with Crippen LogP contribution in [0.4, 0.5) is 0 Å². The number of rotatable bonds is 9. The van der Waals surface area contributed by atoms with Crippen LogP contribution in [-0.2, 0) is 24.2 Å². The number of unbranched alkanes of at least 4 members (excludes halogenated alkanes) is 5. The van der Waals surface area contributed by atoms with Gasteiger partial charge in [0, 0.05) is 0 Å². The Morgan fingerprint density at radius 2 is 1.62 bits per heavy atom. The van der Waals surface area contributed by atoms with E-state index in [0.717, 1.165) is 6.42 Å². The Kier molecular flexibility index (Phi) is 19.9. The SMILES string of the molecule is O=C(O)CCC(=O)OS(=O)(=O)O.[CH2-]CCCCCCC.[Na+]. The molecule has 2 N–H and O–H groups in total. The van der Waals surface area contributed by atoms with E-state index in [1.807, 2.05) is 0 Å². The Balaban J connectivity index is -0.000000317. The quantitative estimate of drug-likeness (QED) is 0.250. The van der Waals surface area contributed by atoms with E-state index in [2.05, 4.69) is 18.0 Å². The summed E-state index contributed by atoms with van der Waals surface area (Å²) in [6, 6.07) is 0. The van der Waals surface area contributed by atoms with Gasteiger partial charge in [0.05, 0.1) is 12.8 Å². The van der Waals surface area contributed by atoms with Gasteiger partial charge in [0.2, 0.25) is 0 Å². The average Bonchev–Trinajstić information content (AvgIpc) is 2.31. The zero-order chi connectivity index (χ0) is 16.0. The van der Waals surface area contributed by atoms with E-state index in [1.165, 1.54) is 32.1 Å². The molecule has 0 atom stereocenters. The minimum absolute atomic E-state index is 0. The number of aliphatic carboxylic acids is 1. The van der Waals surface area contributed by atoms with E-state index in [0.29, 0.717) is 0 Å². The molecule has 21 heavy (non-hydrogen) atoms. The second-order valence-electron chi connectivity index (χ2n) is 4.04. The summed E-state index contributed by atoms with van der Waals surface area (Å²) in [5.41, 5.74) is 0. The van der Waals surface area contributed by atoms with Crippen LogP contribution in [0.2, 0.25) is 0 Å². The third-order valence-electron chi connectivity index (χ3n) is 2.09. The van der Waals surface area contributed by atoms with Crippen LogP contribution < -0.4 is 29.6 Å². The van der Waals surface area contributed by atoms with Gasteiger partial charge in [0.15, 0.2) is 0 Å². The van der Waals surface area contributed by atoms with Crippen LogP contribution >= 0.6 is 0 Å². The summed E-state index contributed by atoms with van der Waals surface area (Å²) in [7, 11) is -4.81.